The molecule has 0 aliphatic rings. The molecule has 0 heterocycles. The van der Waals surface area contributed by atoms with Crippen LogP contribution < -0.4 is 14.8 Å². The van der Waals surface area contributed by atoms with Crippen LogP contribution in [-0.4, -0.2) is 32.3 Å². The molecule has 0 bridgehead atoms. The highest BCUT2D eigenvalue weighted by molar-refractivity contribution is 5.91. The van der Waals surface area contributed by atoms with Crippen LogP contribution in [0.3, 0.4) is 0 Å². The number of anilines is 1. The van der Waals surface area contributed by atoms with Crippen molar-refractivity contribution in [3.05, 3.63) is 54.1 Å². The lowest BCUT2D eigenvalue weighted by atomic mass is 9.82. The Balaban J connectivity index is 1.77. The Morgan fingerprint density at radius 3 is 2.11 bits per heavy atom. The van der Waals surface area contributed by atoms with E-state index in [0.717, 1.165) is 12.2 Å². The highest BCUT2D eigenvalue weighted by Crippen LogP contribution is 2.28. The molecule has 2 rings (SSSR count). The third-order valence-corrected chi connectivity index (χ3v) is 4.73. The molecule has 2 aromatic rings. The zero-order chi connectivity index (χ0) is 20.4. The Kier molecular flexibility index (Phi) is 8.33. The zero-order valence-electron chi connectivity index (χ0n) is 17.3. The minimum absolute atomic E-state index is 0.0386. The van der Waals surface area contributed by atoms with E-state index < -0.39 is 0 Å². The SMILES string of the molecule is CCOCCOc1ccc(NC(=O)COc2ccc(C(C)(C)CC)cc2)cc1. The van der Waals surface area contributed by atoms with Crippen LogP contribution in [0.4, 0.5) is 5.69 Å². The van der Waals surface area contributed by atoms with Crippen molar-refractivity contribution in [2.45, 2.75) is 39.5 Å². The van der Waals surface area contributed by atoms with Gasteiger partial charge in [0.2, 0.25) is 0 Å². The highest BCUT2D eigenvalue weighted by Gasteiger charge is 2.17. The Bertz CT molecular complexity index is 723. The van der Waals surface area contributed by atoms with E-state index in [1.165, 1.54) is 5.56 Å². The molecule has 0 aliphatic carbocycles. The summed E-state index contributed by atoms with van der Waals surface area (Å²) in [7, 11) is 0. The van der Waals surface area contributed by atoms with Crippen molar-refractivity contribution < 1.29 is 19.0 Å². The number of hydrogen-bond donors (Lipinski definition) is 1. The zero-order valence-corrected chi connectivity index (χ0v) is 17.3. The summed E-state index contributed by atoms with van der Waals surface area (Å²) >= 11 is 0. The molecular formula is C23H31NO4. The van der Waals surface area contributed by atoms with Gasteiger partial charge in [0.15, 0.2) is 6.61 Å². The topological polar surface area (TPSA) is 56.8 Å². The lowest BCUT2D eigenvalue weighted by Gasteiger charge is -2.23. The lowest BCUT2D eigenvalue weighted by molar-refractivity contribution is -0.118. The van der Waals surface area contributed by atoms with E-state index in [1.807, 2.05) is 31.2 Å². The molecule has 28 heavy (non-hydrogen) atoms. The van der Waals surface area contributed by atoms with Crippen molar-refractivity contribution in [1.82, 2.24) is 0 Å². The van der Waals surface area contributed by atoms with Gasteiger partial charge in [0, 0.05) is 12.3 Å². The molecule has 0 fully saturated rings. The van der Waals surface area contributed by atoms with Gasteiger partial charge in [-0.25, -0.2) is 0 Å². The predicted molar refractivity (Wildman–Crippen MR) is 112 cm³/mol. The van der Waals surface area contributed by atoms with Gasteiger partial charge in [-0.05, 0) is 60.7 Å². The molecule has 0 aliphatic heterocycles. The van der Waals surface area contributed by atoms with Gasteiger partial charge in [-0.15, -0.1) is 0 Å². The molecule has 152 valence electrons. The Morgan fingerprint density at radius 2 is 1.50 bits per heavy atom. The molecule has 2 aromatic carbocycles. The van der Waals surface area contributed by atoms with Crippen molar-refractivity contribution in [2.24, 2.45) is 0 Å². The van der Waals surface area contributed by atoms with Crippen LogP contribution >= 0.6 is 0 Å². The maximum absolute atomic E-state index is 12.1. The van der Waals surface area contributed by atoms with E-state index in [1.54, 1.807) is 12.1 Å². The van der Waals surface area contributed by atoms with Crippen molar-refractivity contribution in [2.75, 3.05) is 31.7 Å². The first-order chi connectivity index (χ1) is 13.4. The molecule has 0 unspecified atom stereocenters. The van der Waals surface area contributed by atoms with Crippen LogP contribution in [0.15, 0.2) is 48.5 Å². The molecule has 5 heteroatoms. The quantitative estimate of drug-likeness (QED) is 0.564. The van der Waals surface area contributed by atoms with Gasteiger partial charge in [0.05, 0.1) is 6.61 Å². The summed E-state index contributed by atoms with van der Waals surface area (Å²) < 4.78 is 16.4. The molecule has 0 saturated heterocycles. The van der Waals surface area contributed by atoms with E-state index in [-0.39, 0.29) is 17.9 Å². The van der Waals surface area contributed by atoms with Crippen molar-refractivity contribution >= 4 is 11.6 Å². The minimum Gasteiger partial charge on any atom is -0.491 e. The first kappa shape index (κ1) is 21.8. The largest absolute Gasteiger partial charge is 0.491 e. The standard InChI is InChI=1S/C23H31NO4/c1-5-23(3,4)18-7-11-21(12-8-18)28-17-22(25)24-19-9-13-20(14-10-19)27-16-15-26-6-2/h7-14H,5-6,15-17H2,1-4H3,(H,24,25). The van der Waals surface area contributed by atoms with Gasteiger partial charge in [0.1, 0.15) is 18.1 Å². The fourth-order valence-corrected chi connectivity index (χ4v) is 2.55. The molecule has 0 atom stereocenters. The molecule has 1 amide bonds. The number of nitrogens with one attached hydrogen (secondary N) is 1. The van der Waals surface area contributed by atoms with Gasteiger partial charge in [-0.3, -0.25) is 4.79 Å². The smallest absolute Gasteiger partial charge is 0.262 e. The molecule has 0 radical (unpaired) electrons. The monoisotopic (exact) mass is 385 g/mol. The average Bonchev–Trinajstić information content (AvgIpc) is 2.71. The summed E-state index contributed by atoms with van der Waals surface area (Å²) in [6.07, 6.45) is 1.06. The van der Waals surface area contributed by atoms with E-state index in [4.69, 9.17) is 14.2 Å². The molecule has 1 N–H and O–H groups in total. The first-order valence-electron chi connectivity index (χ1n) is 9.78. The summed E-state index contributed by atoms with van der Waals surface area (Å²) in [6, 6.07) is 15.2. The maximum Gasteiger partial charge on any atom is 0.262 e. The molecule has 5 nitrogen and oxygen atoms in total. The van der Waals surface area contributed by atoms with Gasteiger partial charge < -0.3 is 19.5 Å². The number of carbonyl (C=O) groups excluding carboxylic acids is 1. The van der Waals surface area contributed by atoms with Crippen LogP contribution in [-0.2, 0) is 14.9 Å². The second-order valence-corrected chi connectivity index (χ2v) is 7.17. The maximum atomic E-state index is 12.1. The Morgan fingerprint density at radius 1 is 0.893 bits per heavy atom. The number of benzene rings is 2. The van der Waals surface area contributed by atoms with Crippen molar-refractivity contribution in [3.8, 4) is 11.5 Å². The van der Waals surface area contributed by atoms with Crippen LogP contribution in [0.25, 0.3) is 0 Å². The van der Waals surface area contributed by atoms with Crippen LogP contribution in [0.1, 0.15) is 39.7 Å². The number of carbonyl (C=O) groups is 1. The van der Waals surface area contributed by atoms with Gasteiger partial charge in [-0.2, -0.15) is 0 Å². The predicted octanol–water partition coefficient (Wildman–Crippen LogP) is 4.81. The van der Waals surface area contributed by atoms with Crippen molar-refractivity contribution in [3.63, 3.8) is 0 Å². The summed E-state index contributed by atoms with van der Waals surface area (Å²) in [5, 5.41) is 2.82. The van der Waals surface area contributed by atoms with Gasteiger partial charge in [-0.1, -0.05) is 32.9 Å². The highest BCUT2D eigenvalue weighted by atomic mass is 16.5. The van der Waals surface area contributed by atoms with E-state index >= 15 is 0 Å². The average molecular weight is 386 g/mol. The normalized spacial score (nSPS) is 11.1. The fourth-order valence-electron chi connectivity index (χ4n) is 2.55. The molecule has 0 aromatic heterocycles. The Labute approximate surface area is 168 Å². The summed E-state index contributed by atoms with van der Waals surface area (Å²) in [5.74, 6) is 1.22. The fraction of sp³-hybridized carbons (Fsp3) is 0.435. The van der Waals surface area contributed by atoms with Gasteiger partial charge in [0.25, 0.3) is 5.91 Å². The summed E-state index contributed by atoms with van der Waals surface area (Å²) in [6.45, 7) is 10.3. The van der Waals surface area contributed by atoms with E-state index in [2.05, 4.69) is 38.2 Å². The van der Waals surface area contributed by atoms with Crippen LogP contribution in [0.2, 0.25) is 0 Å². The second-order valence-electron chi connectivity index (χ2n) is 7.17. The van der Waals surface area contributed by atoms with Gasteiger partial charge >= 0.3 is 0 Å². The van der Waals surface area contributed by atoms with Crippen LogP contribution in [0, 0.1) is 0 Å². The summed E-state index contributed by atoms with van der Waals surface area (Å²) in [4.78, 5) is 12.1. The van der Waals surface area contributed by atoms with Crippen LogP contribution in [0.5, 0.6) is 11.5 Å². The first-order valence-corrected chi connectivity index (χ1v) is 9.78. The third-order valence-electron chi connectivity index (χ3n) is 4.73. The third kappa shape index (κ3) is 6.89. The van der Waals surface area contributed by atoms with E-state index in [0.29, 0.717) is 31.3 Å². The number of rotatable bonds is 11. The summed E-state index contributed by atoms with van der Waals surface area (Å²) in [5.41, 5.74) is 2.09. The number of hydrogen-bond acceptors (Lipinski definition) is 4. The van der Waals surface area contributed by atoms with Crippen molar-refractivity contribution in [1.29, 1.82) is 0 Å². The molecule has 0 spiro atoms. The second kappa shape index (κ2) is 10.7. The number of amides is 1. The molecule has 0 saturated carbocycles. The number of ether oxygens (including phenoxy) is 3. The van der Waals surface area contributed by atoms with E-state index in [9.17, 15) is 4.79 Å². The molecular weight excluding hydrogens is 354 g/mol. The minimum atomic E-state index is -0.206. The lowest BCUT2D eigenvalue weighted by Crippen LogP contribution is -2.20. The Hall–Kier alpha value is -2.53.